The molecule has 0 aliphatic heterocycles. The molecule has 0 spiro atoms. The van der Waals surface area contributed by atoms with Gasteiger partial charge in [-0.15, -0.1) is 23.2 Å². The summed E-state index contributed by atoms with van der Waals surface area (Å²) in [6, 6.07) is 0. The largest absolute Gasteiger partial charge is 0.127 e. The van der Waals surface area contributed by atoms with Gasteiger partial charge in [-0.05, 0) is 38.0 Å². The molecule has 0 nitrogen and oxygen atoms in total. The van der Waals surface area contributed by atoms with Crippen molar-refractivity contribution in [2.45, 2.75) is 193 Å². The first-order chi connectivity index (χ1) is 16.6. The summed E-state index contributed by atoms with van der Waals surface area (Å²) in [6.07, 6.45) is 35.3. The van der Waals surface area contributed by atoms with Gasteiger partial charge in [0.15, 0.2) is 0 Å². The Bertz CT molecular complexity index is 369. The van der Waals surface area contributed by atoms with E-state index in [-0.39, 0.29) is 4.87 Å². The van der Waals surface area contributed by atoms with Crippen LogP contribution in [0.4, 0.5) is 0 Å². The average molecular weight is 520 g/mol. The van der Waals surface area contributed by atoms with Crippen molar-refractivity contribution in [3.8, 4) is 0 Å². The van der Waals surface area contributed by atoms with E-state index in [0.29, 0.717) is 0 Å². The molecule has 0 radical (unpaired) electrons. The maximum Gasteiger partial charge on any atom is 0.0475 e. The average Bonchev–Trinajstić information content (AvgIpc) is 2.84. The maximum absolute atomic E-state index is 7.60. The normalized spacial score (nSPS) is 13.0. The van der Waals surface area contributed by atoms with Gasteiger partial charge in [-0.2, -0.15) is 0 Å². The van der Waals surface area contributed by atoms with E-state index < -0.39 is 0 Å². The molecule has 0 aliphatic rings. The topological polar surface area (TPSA) is 0 Å². The second-order valence-corrected chi connectivity index (χ2v) is 12.3. The van der Waals surface area contributed by atoms with Crippen LogP contribution in [-0.4, -0.2) is 10.8 Å². The standard InChI is InChI=1S/C32H64Cl2/c1-4-7-10-21-26-31(27-22-19-17-15-13-14-16-18-20-25-30-33)32(34,28-23-11-8-5-2)29-24-12-9-6-3/h31H,4-30H2,1-3H3. The second-order valence-electron chi connectivity index (χ2n) is 11.2. The van der Waals surface area contributed by atoms with Crippen LogP contribution in [0.2, 0.25) is 0 Å². The Labute approximate surface area is 227 Å². The SMILES string of the molecule is CCCCCCC(CCCCCCCCCCCCCl)C(Cl)(CCCCCC)CCCCCC. The lowest BCUT2D eigenvalue weighted by Gasteiger charge is -2.37. The van der Waals surface area contributed by atoms with E-state index in [0.717, 1.165) is 11.8 Å². The van der Waals surface area contributed by atoms with Crippen LogP contribution in [0.15, 0.2) is 0 Å². The summed E-state index contributed by atoms with van der Waals surface area (Å²) in [5, 5.41) is 0. The smallest absolute Gasteiger partial charge is 0.0475 e. The summed E-state index contributed by atoms with van der Waals surface area (Å²) in [4.78, 5) is 0.0662. The fourth-order valence-electron chi connectivity index (χ4n) is 5.60. The third-order valence-electron chi connectivity index (χ3n) is 7.97. The summed E-state index contributed by atoms with van der Waals surface area (Å²) in [5.74, 6) is 1.57. The number of alkyl halides is 2. The van der Waals surface area contributed by atoms with Crippen LogP contribution in [-0.2, 0) is 0 Å². The zero-order valence-electron chi connectivity index (χ0n) is 23.9. The minimum Gasteiger partial charge on any atom is -0.127 e. The van der Waals surface area contributed by atoms with E-state index in [9.17, 15) is 0 Å². The number of halogens is 2. The summed E-state index contributed by atoms with van der Waals surface area (Å²) >= 11 is 13.4. The lowest BCUT2D eigenvalue weighted by Crippen LogP contribution is -2.32. The van der Waals surface area contributed by atoms with Crippen molar-refractivity contribution in [2.24, 2.45) is 5.92 Å². The molecule has 1 atom stereocenters. The minimum absolute atomic E-state index is 0.0662. The third kappa shape index (κ3) is 20.7. The van der Waals surface area contributed by atoms with Crippen LogP contribution >= 0.6 is 23.2 Å². The summed E-state index contributed by atoms with van der Waals surface area (Å²) in [7, 11) is 0. The van der Waals surface area contributed by atoms with Crippen LogP contribution in [0, 0.1) is 5.92 Å². The quantitative estimate of drug-likeness (QED) is 0.0712. The van der Waals surface area contributed by atoms with Gasteiger partial charge in [-0.25, -0.2) is 0 Å². The van der Waals surface area contributed by atoms with Gasteiger partial charge in [0.05, 0.1) is 0 Å². The minimum atomic E-state index is 0.0662. The van der Waals surface area contributed by atoms with E-state index in [1.165, 1.54) is 167 Å². The fourth-order valence-corrected chi connectivity index (χ4v) is 6.28. The summed E-state index contributed by atoms with van der Waals surface area (Å²) < 4.78 is 0. The predicted molar refractivity (Wildman–Crippen MR) is 160 cm³/mol. The second kappa shape index (κ2) is 26.6. The van der Waals surface area contributed by atoms with Crippen molar-refractivity contribution in [3.05, 3.63) is 0 Å². The first-order valence-corrected chi connectivity index (χ1v) is 16.8. The zero-order valence-corrected chi connectivity index (χ0v) is 25.4. The van der Waals surface area contributed by atoms with Gasteiger partial charge in [0.25, 0.3) is 0 Å². The van der Waals surface area contributed by atoms with Crippen molar-refractivity contribution in [1.29, 1.82) is 0 Å². The van der Waals surface area contributed by atoms with Crippen molar-refractivity contribution in [1.82, 2.24) is 0 Å². The van der Waals surface area contributed by atoms with E-state index in [2.05, 4.69) is 20.8 Å². The molecule has 0 fully saturated rings. The van der Waals surface area contributed by atoms with Gasteiger partial charge < -0.3 is 0 Å². The number of unbranched alkanes of at least 4 members (excludes halogenated alkanes) is 18. The van der Waals surface area contributed by atoms with E-state index in [1.807, 2.05) is 0 Å². The van der Waals surface area contributed by atoms with Crippen LogP contribution < -0.4 is 0 Å². The third-order valence-corrected chi connectivity index (χ3v) is 8.92. The molecule has 2 heteroatoms. The highest BCUT2D eigenvalue weighted by molar-refractivity contribution is 6.24. The van der Waals surface area contributed by atoms with Crippen molar-refractivity contribution < 1.29 is 0 Å². The number of hydrogen-bond acceptors (Lipinski definition) is 0. The van der Waals surface area contributed by atoms with Crippen LogP contribution in [0.5, 0.6) is 0 Å². The van der Waals surface area contributed by atoms with Crippen LogP contribution in [0.1, 0.15) is 188 Å². The zero-order chi connectivity index (χ0) is 25.2. The molecule has 0 heterocycles. The molecule has 0 saturated carbocycles. The molecule has 0 rings (SSSR count). The number of hydrogen-bond donors (Lipinski definition) is 0. The molecule has 0 aliphatic carbocycles. The lowest BCUT2D eigenvalue weighted by molar-refractivity contribution is 0.263. The molecule has 1 unspecified atom stereocenters. The Hall–Kier alpha value is 0.580. The highest BCUT2D eigenvalue weighted by Gasteiger charge is 2.35. The molecule has 0 aromatic heterocycles. The predicted octanol–water partition coefficient (Wildman–Crippen LogP) is 13.0. The van der Waals surface area contributed by atoms with Gasteiger partial charge in [0, 0.05) is 10.8 Å². The monoisotopic (exact) mass is 518 g/mol. The molecule has 206 valence electrons. The molecule has 0 aromatic rings. The Balaban J connectivity index is 4.56. The van der Waals surface area contributed by atoms with E-state index >= 15 is 0 Å². The van der Waals surface area contributed by atoms with Crippen LogP contribution in [0.3, 0.4) is 0 Å². The molecular formula is C32H64Cl2. The van der Waals surface area contributed by atoms with Crippen molar-refractivity contribution in [2.75, 3.05) is 5.88 Å². The highest BCUT2D eigenvalue weighted by Crippen LogP contribution is 2.42. The molecule has 34 heavy (non-hydrogen) atoms. The number of rotatable bonds is 28. The lowest BCUT2D eigenvalue weighted by atomic mass is 9.77. The molecule has 0 aromatic carbocycles. The Morgan fingerprint density at radius 3 is 1.15 bits per heavy atom. The first-order valence-electron chi connectivity index (χ1n) is 15.9. The summed E-state index contributed by atoms with van der Waals surface area (Å²) in [6.45, 7) is 6.96. The van der Waals surface area contributed by atoms with Crippen LogP contribution in [0.25, 0.3) is 0 Å². The van der Waals surface area contributed by atoms with E-state index in [1.54, 1.807) is 0 Å². The highest BCUT2D eigenvalue weighted by atomic mass is 35.5. The van der Waals surface area contributed by atoms with Crippen molar-refractivity contribution >= 4 is 23.2 Å². The maximum atomic E-state index is 7.60. The molecule has 0 bridgehead atoms. The van der Waals surface area contributed by atoms with Gasteiger partial charge in [-0.3, -0.25) is 0 Å². The van der Waals surface area contributed by atoms with E-state index in [4.69, 9.17) is 23.2 Å². The first kappa shape index (κ1) is 34.6. The molecular weight excluding hydrogens is 455 g/mol. The fraction of sp³-hybridized carbons (Fsp3) is 1.00. The van der Waals surface area contributed by atoms with Crippen molar-refractivity contribution in [3.63, 3.8) is 0 Å². The molecule has 0 N–H and O–H groups in total. The van der Waals surface area contributed by atoms with Gasteiger partial charge >= 0.3 is 0 Å². The Morgan fingerprint density at radius 2 is 0.765 bits per heavy atom. The van der Waals surface area contributed by atoms with Gasteiger partial charge in [0.1, 0.15) is 0 Å². The Kier molecular flexibility index (Phi) is 27.1. The molecule has 0 saturated heterocycles. The van der Waals surface area contributed by atoms with Gasteiger partial charge in [-0.1, -0.05) is 156 Å². The molecule has 0 amide bonds. The Morgan fingerprint density at radius 1 is 0.441 bits per heavy atom. The van der Waals surface area contributed by atoms with Gasteiger partial charge in [0.2, 0.25) is 0 Å². The summed E-state index contributed by atoms with van der Waals surface area (Å²) in [5.41, 5.74) is 0.